The number of ether oxygens (including phenoxy) is 4. The zero-order valence-electron chi connectivity index (χ0n) is 62.2. The molecule has 7 atom stereocenters. The summed E-state index contributed by atoms with van der Waals surface area (Å²) >= 11 is 7.64. The zero-order chi connectivity index (χ0) is 74.6. The van der Waals surface area contributed by atoms with Crippen molar-refractivity contribution in [3.8, 4) is 23.1 Å². The lowest BCUT2D eigenvalue weighted by Crippen LogP contribution is -2.63. The lowest BCUT2D eigenvalue weighted by atomic mass is 9.73. The van der Waals surface area contributed by atoms with Crippen LogP contribution in [-0.4, -0.2) is 220 Å². The summed E-state index contributed by atoms with van der Waals surface area (Å²) in [5.41, 5.74) is 19.2. The third-order valence-electron chi connectivity index (χ3n) is 21.6. The fraction of sp³-hybridized carbons (Fsp3) is 0.613. The number of anilines is 3. The second-order valence-electron chi connectivity index (χ2n) is 30.2. The molecule has 1 aromatic carbocycles. The van der Waals surface area contributed by atoms with Gasteiger partial charge in [-0.3, -0.25) is 38.9 Å². The van der Waals surface area contributed by atoms with Gasteiger partial charge in [0.2, 0.25) is 5.91 Å². The first kappa shape index (κ1) is 78.3. The molecule has 6 aliphatic heterocycles. The standard InChI is InChI=1S/C55H78FN9O8.C20H27ClN6O2S/c1-13-64-44-19-18-37-30-40(44)41(48(64)39-16-14-24-57-46(39)36(4)71-12)32-53(5,6)34-73-51(69)42-17-15-25-65(59-42)50(68)43(31-38-33-63(37)28-29-72-38)58-49(67)47(35(2)3)61(11)52(70)55(56)22-26-62(27-23-55)45(66)20-21-54(7,8)60(9)10;1-11-19(30-14-3-6-24-17(23)15(14)21)26-13(9-28)18(25-11)27-7-4-20(5-8-27)10-29-12(2)16(20)22/h14,16,18-19,24,30,35-36,38,42-43,47,59H,13,15,17,22-23,25-29,31-34H2,1-12H3,(H,58,67);3,6,12,16,28H,4-5,7-10,22H2,1-2H3,(H2,23,24). The molecular formula is C75H105ClFN15O10S. The minimum Gasteiger partial charge on any atom is -0.464 e. The number of nitrogens with one attached hydrogen (secondary N) is 2. The highest BCUT2D eigenvalue weighted by Gasteiger charge is 2.50. The average molecular weight is 1460 g/mol. The van der Waals surface area contributed by atoms with Crippen LogP contribution in [0.25, 0.3) is 22.2 Å². The maximum Gasteiger partial charge on any atom is 0.324 e. The number of aliphatic hydroxyl groups excluding tert-OH is 1. The highest BCUT2D eigenvalue weighted by atomic mass is 35.5. The van der Waals surface area contributed by atoms with E-state index < -0.39 is 76.4 Å². The fourth-order valence-electron chi connectivity index (χ4n) is 14.8. The molecule has 6 aliphatic rings. The Morgan fingerprint density at radius 3 is 2.37 bits per heavy atom. The molecule has 10 heterocycles. The number of nitrogen functional groups attached to an aromatic ring is 1. The van der Waals surface area contributed by atoms with Gasteiger partial charge in [-0.1, -0.05) is 57.0 Å². The predicted octanol–water partition coefficient (Wildman–Crippen LogP) is 7.68. The molecule has 5 aromatic rings. The Morgan fingerprint density at radius 2 is 1.71 bits per heavy atom. The number of hydrazine groups is 1. The molecule has 7 unspecified atom stereocenters. The minimum atomic E-state index is -2.34. The summed E-state index contributed by atoms with van der Waals surface area (Å²) in [7, 11) is 6.82. The van der Waals surface area contributed by atoms with E-state index in [1.54, 1.807) is 39.4 Å². The number of halogens is 2. The largest absolute Gasteiger partial charge is 0.464 e. The SMILES string of the molecule is CCn1c(-c2cccnc2C(C)OC)c2c3cc(ccc31)N1CCOC(CC(NC(=O)C(C(C)C)N(C)C(=O)C3(F)CCN(C(=O)C#CC(C)(C)N(C)C)CC3)C(=O)N3CCCC(N3)C(=O)OCC(C)(C)C2)C1.Cc1nc(N2CCC3(CC2)COC(C)C3N)c(CO)nc1Sc1ccnc(N)c1Cl. The van der Waals surface area contributed by atoms with E-state index in [1.165, 1.54) is 28.7 Å². The van der Waals surface area contributed by atoms with E-state index >= 15 is 4.39 Å². The Bertz CT molecular complexity index is 3980. The van der Waals surface area contributed by atoms with Gasteiger partial charge in [-0.05, 0) is 142 Å². The Morgan fingerprint density at radius 1 is 0.981 bits per heavy atom. The third kappa shape index (κ3) is 17.2. The Kier molecular flexibility index (Phi) is 24.8. The van der Waals surface area contributed by atoms with Crippen molar-refractivity contribution < 1.29 is 52.4 Å². The van der Waals surface area contributed by atoms with Crippen LogP contribution in [0.15, 0.2) is 58.7 Å². The number of likely N-dealkylation sites (tertiary alicyclic amines) is 1. The Hall–Kier alpha value is -7.26. The van der Waals surface area contributed by atoms with Gasteiger partial charge in [-0.2, -0.15) is 0 Å². The average Bonchev–Trinajstić information content (AvgIpc) is 1.60. The second kappa shape index (κ2) is 32.6. The molecule has 28 heteroatoms. The number of piperidine rings is 2. The van der Waals surface area contributed by atoms with Gasteiger partial charge in [0.1, 0.15) is 34.7 Å². The molecule has 560 valence electrons. The normalized spacial score (nSPS) is 22.7. The number of hydrogen-bond donors (Lipinski definition) is 5. The number of benzene rings is 1. The van der Waals surface area contributed by atoms with E-state index in [9.17, 15) is 29.1 Å². The summed E-state index contributed by atoms with van der Waals surface area (Å²) in [6, 6.07) is 9.21. The number of pyridine rings is 2. The molecule has 5 fully saturated rings. The van der Waals surface area contributed by atoms with Crippen LogP contribution in [-0.2, 0) is 62.5 Å². The summed E-state index contributed by atoms with van der Waals surface area (Å²) in [6.45, 7) is 24.1. The van der Waals surface area contributed by atoms with Crippen LogP contribution >= 0.6 is 23.4 Å². The number of esters is 1. The number of rotatable bonds is 14. The van der Waals surface area contributed by atoms with Crippen molar-refractivity contribution in [2.24, 2.45) is 22.5 Å². The number of aliphatic hydroxyl groups is 1. The van der Waals surface area contributed by atoms with E-state index in [2.05, 4.69) is 92.0 Å². The van der Waals surface area contributed by atoms with E-state index in [0.717, 1.165) is 86.3 Å². The quantitative estimate of drug-likeness (QED) is 0.0526. The molecule has 25 nitrogen and oxygen atoms in total. The number of likely N-dealkylation sites (N-methyl/N-ethyl adjacent to an activating group) is 1. The molecule has 11 rings (SSSR count). The van der Waals surface area contributed by atoms with Crippen molar-refractivity contribution in [3.05, 3.63) is 76.5 Å². The summed E-state index contributed by atoms with van der Waals surface area (Å²) in [5, 5.41) is 16.5. The van der Waals surface area contributed by atoms with Gasteiger partial charge in [0.25, 0.3) is 17.7 Å². The number of morpholine rings is 1. The Balaban J connectivity index is 0.000000314. The van der Waals surface area contributed by atoms with E-state index in [1.807, 2.05) is 59.7 Å². The van der Waals surface area contributed by atoms with Crippen molar-refractivity contribution in [3.63, 3.8) is 0 Å². The van der Waals surface area contributed by atoms with Crippen LogP contribution in [0.1, 0.15) is 136 Å². The zero-order valence-corrected chi connectivity index (χ0v) is 63.8. The topological polar surface area (TPSA) is 295 Å². The molecule has 5 saturated heterocycles. The molecule has 6 bridgehead atoms. The van der Waals surface area contributed by atoms with Crippen molar-refractivity contribution >= 4 is 81.2 Å². The van der Waals surface area contributed by atoms with Gasteiger partial charge in [0, 0.05) is 142 Å². The lowest BCUT2D eigenvalue weighted by Gasteiger charge is -2.42. The van der Waals surface area contributed by atoms with Crippen molar-refractivity contribution in [2.75, 3.05) is 109 Å². The Labute approximate surface area is 614 Å². The van der Waals surface area contributed by atoms with Gasteiger partial charge in [0.05, 0.1) is 72.4 Å². The first-order valence-electron chi connectivity index (χ1n) is 36.0. The number of cyclic esters (lactones) is 1. The molecule has 4 amide bonds. The van der Waals surface area contributed by atoms with Crippen LogP contribution in [0.4, 0.5) is 21.7 Å². The van der Waals surface area contributed by atoms with Crippen LogP contribution in [0.3, 0.4) is 0 Å². The second-order valence-corrected chi connectivity index (χ2v) is 31.6. The number of aromatic nitrogens is 5. The summed E-state index contributed by atoms with van der Waals surface area (Å²) in [4.78, 5) is 98.6. The van der Waals surface area contributed by atoms with E-state index in [-0.39, 0.29) is 81.6 Å². The lowest BCUT2D eigenvalue weighted by molar-refractivity contribution is -0.156. The number of methoxy groups -OCH3 is 1. The molecule has 103 heavy (non-hydrogen) atoms. The summed E-state index contributed by atoms with van der Waals surface area (Å²) in [6.07, 6.45) is 5.62. The van der Waals surface area contributed by atoms with E-state index in [4.69, 9.17) is 52.0 Å². The highest BCUT2D eigenvalue weighted by Crippen LogP contribution is 2.45. The number of fused-ring (bicyclic) bond motifs is 6. The van der Waals surface area contributed by atoms with Gasteiger partial charge >= 0.3 is 5.97 Å². The number of amides is 4. The van der Waals surface area contributed by atoms with Crippen LogP contribution in [0, 0.1) is 35.5 Å². The monoisotopic (exact) mass is 1460 g/mol. The smallest absolute Gasteiger partial charge is 0.324 e. The van der Waals surface area contributed by atoms with Crippen LogP contribution in [0.5, 0.6) is 0 Å². The van der Waals surface area contributed by atoms with Gasteiger partial charge < -0.3 is 65.0 Å². The molecular weight excluding hydrogens is 1360 g/mol. The molecule has 0 saturated carbocycles. The van der Waals surface area contributed by atoms with Gasteiger partial charge in [0.15, 0.2) is 11.5 Å². The number of aryl methyl sites for hydroxylation is 2. The van der Waals surface area contributed by atoms with Crippen molar-refractivity contribution in [2.45, 2.75) is 197 Å². The molecule has 1 spiro atoms. The molecule has 4 aromatic heterocycles. The predicted molar refractivity (Wildman–Crippen MR) is 395 cm³/mol. The van der Waals surface area contributed by atoms with Gasteiger partial charge in [-0.15, -0.1) is 0 Å². The molecule has 7 N–H and O–H groups in total. The van der Waals surface area contributed by atoms with Crippen LogP contribution in [0.2, 0.25) is 5.02 Å². The van der Waals surface area contributed by atoms with Crippen LogP contribution < -0.4 is 32.0 Å². The highest BCUT2D eigenvalue weighted by molar-refractivity contribution is 7.99. The summed E-state index contributed by atoms with van der Waals surface area (Å²) < 4.78 is 43.3. The number of nitrogens with two attached hydrogens (primary N) is 2. The number of hydrogen-bond acceptors (Lipinski definition) is 21. The maximum atomic E-state index is 16.8. The van der Waals surface area contributed by atoms with Crippen molar-refractivity contribution in [1.82, 2.24) is 55.0 Å². The number of carbonyl (C=O) groups is 5. The number of carbonyl (C=O) groups excluding carboxylic acids is 5. The first-order chi connectivity index (χ1) is 48.8. The van der Waals surface area contributed by atoms with Crippen molar-refractivity contribution in [1.29, 1.82) is 0 Å². The summed E-state index contributed by atoms with van der Waals surface area (Å²) in [5.74, 6) is 3.28. The number of nitrogens with zero attached hydrogens (tertiary/aromatic N) is 11. The third-order valence-corrected chi connectivity index (χ3v) is 23.2. The molecule has 0 radical (unpaired) electrons. The minimum absolute atomic E-state index is 0.0172. The maximum absolute atomic E-state index is 16.8. The first-order valence-corrected chi connectivity index (χ1v) is 37.2. The van der Waals surface area contributed by atoms with Gasteiger partial charge in [-0.25, -0.2) is 24.8 Å². The molecule has 0 aliphatic carbocycles. The number of alkyl halides is 1. The van der Waals surface area contributed by atoms with E-state index in [0.29, 0.717) is 67.9 Å². The fourth-order valence-corrected chi connectivity index (χ4v) is 15.9.